The van der Waals surface area contributed by atoms with Gasteiger partial charge in [-0.15, -0.1) is 0 Å². The topological polar surface area (TPSA) is 89.0 Å². The van der Waals surface area contributed by atoms with Gasteiger partial charge >= 0.3 is 5.97 Å². The van der Waals surface area contributed by atoms with Crippen molar-refractivity contribution in [3.8, 4) is 28.5 Å². The molecule has 5 heteroatoms. The lowest BCUT2D eigenvalue weighted by Gasteiger charge is -2.17. The maximum absolute atomic E-state index is 10.2. The Morgan fingerprint density at radius 1 is 0.952 bits per heavy atom. The van der Waals surface area contributed by atoms with Gasteiger partial charge < -0.3 is 10.5 Å². The Kier molecular flexibility index (Phi) is 19.1. The lowest BCUT2D eigenvalue weighted by atomic mass is 9.95. The van der Waals surface area contributed by atoms with Gasteiger partial charge in [-0.05, 0) is 83.5 Å². The van der Waals surface area contributed by atoms with Crippen LogP contribution < -0.4 is 5.73 Å². The largest absolute Gasteiger partial charge is 0.460 e. The summed E-state index contributed by atoms with van der Waals surface area (Å²) in [6.07, 6.45) is 9.58. The highest BCUT2D eigenvalue weighted by Gasteiger charge is 2.13. The molecule has 42 heavy (non-hydrogen) atoms. The SMILES string of the molecule is C/C=C\c1nc(-c2ccc(C)cc2)c(-c2ccc(C#N)cc2)cc1C.CC(=O)OC(C)(C)C.CCCCCC.CCN. The smallest absolute Gasteiger partial charge is 0.303 e. The molecule has 0 radical (unpaired) electrons. The Morgan fingerprint density at radius 2 is 1.45 bits per heavy atom. The zero-order valence-corrected chi connectivity index (χ0v) is 27.7. The number of aromatic nitrogens is 1. The van der Waals surface area contributed by atoms with E-state index in [1.165, 1.54) is 38.2 Å². The Bertz CT molecular complexity index is 1240. The van der Waals surface area contributed by atoms with Gasteiger partial charge in [0, 0.05) is 18.1 Å². The molecular formula is C37H53N3O2. The van der Waals surface area contributed by atoms with Gasteiger partial charge in [0.2, 0.25) is 0 Å². The van der Waals surface area contributed by atoms with E-state index in [1.54, 1.807) is 0 Å². The van der Waals surface area contributed by atoms with Crippen molar-refractivity contribution >= 4 is 12.0 Å². The summed E-state index contributed by atoms with van der Waals surface area (Å²) in [6, 6.07) is 20.5. The molecule has 0 atom stereocenters. The van der Waals surface area contributed by atoms with Gasteiger partial charge in [-0.3, -0.25) is 4.79 Å². The van der Waals surface area contributed by atoms with Crippen LogP contribution in [-0.2, 0) is 9.53 Å². The summed E-state index contributed by atoms with van der Waals surface area (Å²) in [5.41, 5.74) is 12.7. The Hall–Kier alpha value is -3.75. The quantitative estimate of drug-likeness (QED) is 0.235. The van der Waals surface area contributed by atoms with Crippen LogP contribution >= 0.6 is 0 Å². The van der Waals surface area contributed by atoms with Gasteiger partial charge in [-0.25, -0.2) is 4.98 Å². The Morgan fingerprint density at radius 3 is 1.83 bits per heavy atom. The number of ether oxygens (including phenoxy) is 1. The minimum Gasteiger partial charge on any atom is -0.460 e. The first-order valence-corrected chi connectivity index (χ1v) is 15.0. The van der Waals surface area contributed by atoms with Crippen LogP contribution in [0.15, 0.2) is 60.7 Å². The van der Waals surface area contributed by atoms with E-state index in [2.05, 4.69) is 64.1 Å². The van der Waals surface area contributed by atoms with Crippen molar-refractivity contribution in [1.29, 1.82) is 5.26 Å². The number of aryl methyl sites for hydroxylation is 2. The van der Waals surface area contributed by atoms with E-state index in [1.807, 2.05) is 71.0 Å². The molecule has 2 aromatic carbocycles. The van der Waals surface area contributed by atoms with Crippen LogP contribution in [0.2, 0.25) is 0 Å². The van der Waals surface area contributed by atoms with Gasteiger partial charge in [-0.2, -0.15) is 5.26 Å². The number of nitriles is 1. The molecule has 3 aromatic rings. The van der Waals surface area contributed by atoms with Crippen LogP contribution in [0.3, 0.4) is 0 Å². The molecule has 2 N–H and O–H groups in total. The van der Waals surface area contributed by atoms with Gasteiger partial charge in [0.25, 0.3) is 0 Å². The first-order valence-electron chi connectivity index (χ1n) is 15.0. The standard InChI is InChI=1S/C23H20N2.C6H12O2.C6H14.C2H7N/c1-4-5-22-17(3)14-21(19-12-8-18(15-24)9-13-19)23(25-22)20-10-6-16(2)7-11-20;1-5(7)8-6(2,3)4;1-3-5-6-4-2;1-2-3/h4-14H,1-3H3;1-4H3;3-6H2,1-2H3;2-3H2,1H3/b5-4-;;;. The number of nitrogens with zero attached hydrogens (tertiary/aromatic N) is 2. The van der Waals surface area contributed by atoms with Crippen LogP contribution in [0.5, 0.6) is 0 Å². The van der Waals surface area contributed by atoms with E-state index < -0.39 is 0 Å². The third kappa shape index (κ3) is 15.9. The second-order valence-corrected chi connectivity index (χ2v) is 11.0. The molecule has 0 fully saturated rings. The normalized spacial score (nSPS) is 10.2. The maximum atomic E-state index is 10.2. The number of hydrogen-bond donors (Lipinski definition) is 1. The fourth-order valence-corrected chi connectivity index (χ4v) is 3.76. The minimum atomic E-state index is -0.328. The number of pyridine rings is 1. The van der Waals surface area contributed by atoms with Crippen molar-refractivity contribution in [3.63, 3.8) is 0 Å². The number of benzene rings is 2. The number of unbranched alkanes of at least 4 members (excludes halogenated alkanes) is 3. The number of nitrogens with two attached hydrogens (primary N) is 1. The minimum absolute atomic E-state index is 0.225. The second-order valence-electron chi connectivity index (χ2n) is 11.0. The lowest BCUT2D eigenvalue weighted by molar-refractivity contribution is -0.151. The number of rotatable bonds is 6. The summed E-state index contributed by atoms with van der Waals surface area (Å²) in [7, 11) is 0. The highest BCUT2D eigenvalue weighted by atomic mass is 16.6. The summed E-state index contributed by atoms with van der Waals surface area (Å²) in [6.45, 7) is 20.2. The number of allylic oxidation sites excluding steroid dienone is 1. The second kappa shape index (κ2) is 21.0. The van der Waals surface area contributed by atoms with Crippen molar-refractivity contribution in [2.24, 2.45) is 5.73 Å². The van der Waals surface area contributed by atoms with Crippen LogP contribution in [0.25, 0.3) is 28.5 Å². The van der Waals surface area contributed by atoms with E-state index in [4.69, 9.17) is 20.7 Å². The van der Waals surface area contributed by atoms with E-state index in [-0.39, 0.29) is 11.6 Å². The van der Waals surface area contributed by atoms with Gasteiger partial charge in [0.05, 0.1) is 23.0 Å². The molecule has 5 nitrogen and oxygen atoms in total. The van der Waals surface area contributed by atoms with Crippen molar-refractivity contribution in [2.45, 2.75) is 101 Å². The Balaban J connectivity index is 0.000000814. The maximum Gasteiger partial charge on any atom is 0.303 e. The summed E-state index contributed by atoms with van der Waals surface area (Å²) >= 11 is 0. The predicted molar refractivity (Wildman–Crippen MR) is 180 cm³/mol. The number of esters is 1. The highest BCUT2D eigenvalue weighted by molar-refractivity contribution is 5.82. The number of carbonyl (C=O) groups excluding carboxylic acids is 1. The molecule has 0 aliphatic heterocycles. The van der Waals surface area contributed by atoms with Crippen LogP contribution in [0.1, 0.15) is 103 Å². The molecule has 1 aromatic heterocycles. The third-order valence-corrected chi connectivity index (χ3v) is 5.63. The molecule has 0 bridgehead atoms. The molecule has 1 heterocycles. The van der Waals surface area contributed by atoms with E-state index in [0.29, 0.717) is 5.56 Å². The first kappa shape index (κ1) is 38.2. The number of hydrogen-bond acceptors (Lipinski definition) is 5. The average molecular weight is 572 g/mol. The fourth-order valence-electron chi connectivity index (χ4n) is 3.76. The van der Waals surface area contributed by atoms with Crippen LogP contribution in [-0.4, -0.2) is 23.1 Å². The monoisotopic (exact) mass is 571 g/mol. The summed E-state index contributed by atoms with van der Waals surface area (Å²) < 4.78 is 4.80. The first-order chi connectivity index (χ1) is 19.9. The summed E-state index contributed by atoms with van der Waals surface area (Å²) in [4.78, 5) is 15.2. The molecular weight excluding hydrogens is 518 g/mol. The number of carbonyl (C=O) groups is 1. The predicted octanol–water partition coefficient (Wildman–Crippen LogP) is 9.84. The van der Waals surface area contributed by atoms with Crippen molar-refractivity contribution < 1.29 is 9.53 Å². The van der Waals surface area contributed by atoms with Crippen LogP contribution in [0.4, 0.5) is 0 Å². The molecule has 0 unspecified atom stereocenters. The van der Waals surface area contributed by atoms with E-state index >= 15 is 0 Å². The summed E-state index contributed by atoms with van der Waals surface area (Å²) in [5, 5.41) is 9.03. The molecule has 3 rings (SSSR count). The molecule has 0 amide bonds. The Labute approximate surface area is 255 Å². The molecule has 0 saturated carbocycles. The molecule has 0 spiro atoms. The van der Waals surface area contributed by atoms with Crippen molar-refractivity contribution in [2.75, 3.05) is 6.54 Å². The zero-order valence-electron chi connectivity index (χ0n) is 27.7. The molecule has 0 aliphatic rings. The fraction of sp³-hybridized carbons (Fsp3) is 0.432. The molecule has 0 saturated heterocycles. The average Bonchev–Trinajstić information content (AvgIpc) is 2.93. The van der Waals surface area contributed by atoms with Gasteiger partial charge in [0.15, 0.2) is 0 Å². The highest BCUT2D eigenvalue weighted by Crippen LogP contribution is 2.33. The van der Waals surface area contributed by atoms with Crippen LogP contribution in [0, 0.1) is 25.2 Å². The van der Waals surface area contributed by atoms with Gasteiger partial charge in [0.1, 0.15) is 5.60 Å². The zero-order chi connectivity index (χ0) is 32.1. The van der Waals surface area contributed by atoms with E-state index in [9.17, 15) is 4.79 Å². The van der Waals surface area contributed by atoms with Crippen molar-refractivity contribution in [1.82, 2.24) is 4.98 Å². The summed E-state index contributed by atoms with van der Waals surface area (Å²) in [5.74, 6) is -0.225. The molecule has 228 valence electrons. The lowest BCUT2D eigenvalue weighted by Crippen LogP contribution is -2.21. The molecule has 0 aliphatic carbocycles. The van der Waals surface area contributed by atoms with E-state index in [0.717, 1.165) is 40.2 Å². The van der Waals surface area contributed by atoms with Gasteiger partial charge in [-0.1, -0.05) is 94.5 Å². The third-order valence-electron chi connectivity index (χ3n) is 5.63. The van der Waals surface area contributed by atoms with Crippen molar-refractivity contribution in [3.05, 3.63) is 83.1 Å².